The number of hydrogen-bond donors (Lipinski definition) is 1. The molecule has 0 fully saturated rings. The van der Waals surface area contributed by atoms with Crippen molar-refractivity contribution in [1.29, 1.82) is 0 Å². The second kappa shape index (κ2) is 11.0. The Balaban J connectivity index is 2.19. The third-order valence-corrected chi connectivity index (χ3v) is 5.10. The predicted molar refractivity (Wildman–Crippen MR) is 119 cm³/mol. The number of carbonyl (C=O) groups is 2. The van der Waals surface area contributed by atoms with Crippen molar-refractivity contribution >= 4 is 27.7 Å². The van der Waals surface area contributed by atoms with Gasteiger partial charge in [-0.15, -0.1) is 0 Å². The first-order valence-corrected chi connectivity index (χ1v) is 10.5. The fourth-order valence-electron chi connectivity index (χ4n) is 2.89. The zero-order chi connectivity index (χ0) is 21.4. The van der Waals surface area contributed by atoms with Crippen LogP contribution in [0.4, 0.5) is 0 Å². The molecule has 0 aliphatic carbocycles. The van der Waals surface area contributed by atoms with Crippen LogP contribution >= 0.6 is 15.9 Å². The molecular weight excluding hydrogens is 432 g/mol. The number of nitrogens with zero attached hydrogens (tertiary/aromatic N) is 1. The summed E-state index contributed by atoms with van der Waals surface area (Å²) in [6.07, 6.45) is 0.222. The fraction of sp³-hybridized carbons (Fsp3) is 0.391. The summed E-state index contributed by atoms with van der Waals surface area (Å²) in [4.78, 5) is 27.4. The number of ether oxygens (including phenoxy) is 1. The Morgan fingerprint density at radius 2 is 1.76 bits per heavy atom. The lowest BCUT2D eigenvalue weighted by atomic mass is 10.1. The second-order valence-corrected chi connectivity index (χ2v) is 8.41. The van der Waals surface area contributed by atoms with Crippen LogP contribution in [0.2, 0.25) is 0 Å². The number of carbonyl (C=O) groups excluding carboxylic acids is 2. The first kappa shape index (κ1) is 22.9. The fourth-order valence-corrected chi connectivity index (χ4v) is 3.33. The lowest BCUT2D eigenvalue weighted by Crippen LogP contribution is -2.48. The Kier molecular flexibility index (Phi) is 8.70. The molecule has 1 unspecified atom stereocenters. The maximum Gasteiger partial charge on any atom is 0.242 e. The highest BCUT2D eigenvalue weighted by Gasteiger charge is 2.26. The van der Waals surface area contributed by atoms with E-state index >= 15 is 0 Å². The molecule has 0 spiro atoms. The molecule has 0 aliphatic rings. The summed E-state index contributed by atoms with van der Waals surface area (Å²) in [6.45, 7) is 6.81. The predicted octanol–water partition coefficient (Wildman–Crippen LogP) is 4.19. The van der Waals surface area contributed by atoms with Crippen molar-refractivity contribution in [3.05, 3.63) is 64.1 Å². The van der Waals surface area contributed by atoms with Crippen molar-refractivity contribution in [3.8, 4) is 5.75 Å². The number of nitrogens with one attached hydrogen (secondary N) is 1. The van der Waals surface area contributed by atoms with Gasteiger partial charge in [0.25, 0.3) is 0 Å². The van der Waals surface area contributed by atoms with Gasteiger partial charge in [0.05, 0.1) is 13.5 Å². The second-order valence-electron chi connectivity index (χ2n) is 7.49. The first-order valence-electron chi connectivity index (χ1n) is 9.74. The third kappa shape index (κ3) is 7.20. The topological polar surface area (TPSA) is 58.6 Å². The molecule has 0 aromatic heterocycles. The molecule has 0 heterocycles. The molecular formula is C23H29BrN2O3. The van der Waals surface area contributed by atoms with Gasteiger partial charge in [0.1, 0.15) is 11.8 Å². The van der Waals surface area contributed by atoms with E-state index in [1.54, 1.807) is 18.9 Å². The van der Waals surface area contributed by atoms with Gasteiger partial charge in [-0.05, 0) is 48.2 Å². The Morgan fingerprint density at radius 1 is 1.07 bits per heavy atom. The van der Waals surface area contributed by atoms with E-state index in [0.717, 1.165) is 21.3 Å². The van der Waals surface area contributed by atoms with Gasteiger partial charge in [-0.25, -0.2) is 0 Å². The molecule has 2 rings (SSSR count). The smallest absolute Gasteiger partial charge is 0.242 e. The van der Waals surface area contributed by atoms with Gasteiger partial charge < -0.3 is 15.0 Å². The van der Waals surface area contributed by atoms with Gasteiger partial charge in [0.15, 0.2) is 0 Å². The normalized spacial score (nSPS) is 11.8. The zero-order valence-corrected chi connectivity index (χ0v) is 19.0. The maximum absolute atomic E-state index is 13.1. The van der Waals surface area contributed by atoms with Crippen LogP contribution in [-0.2, 0) is 22.6 Å². The Labute approximate surface area is 181 Å². The van der Waals surface area contributed by atoms with Gasteiger partial charge in [-0.3, -0.25) is 9.59 Å². The molecule has 0 radical (unpaired) electrons. The van der Waals surface area contributed by atoms with E-state index in [-0.39, 0.29) is 18.2 Å². The Morgan fingerprint density at radius 3 is 2.34 bits per heavy atom. The summed E-state index contributed by atoms with van der Waals surface area (Å²) in [6, 6.07) is 14.6. The van der Waals surface area contributed by atoms with Crippen molar-refractivity contribution < 1.29 is 14.3 Å². The van der Waals surface area contributed by atoms with Gasteiger partial charge in [-0.2, -0.15) is 0 Å². The highest BCUT2D eigenvalue weighted by molar-refractivity contribution is 9.10. The van der Waals surface area contributed by atoms with Crippen molar-refractivity contribution in [2.75, 3.05) is 13.7 Å². The average molecular weight is 461 g/mol. The number of methoxy groups -OCH3 is 1. The molecule has 1 atom stereocenters. The van der Waals surface area contributed by atoms with Crippen LogP contribution in [0.25, 0.3) is 0 Å². The molecule has 0 bridgehead atoms. The number of amides is 2. The van der Waals surface area contributed by atoms with E-state index < -0.39 is 6.04 Å². The summed E-state index contributed by atoms with van der Waals surface area (Å²) < 4.78 is 6.11. The largest absolute Gasteiger partial charge is 0.497 e. The monoisotopic (exact) mass is 460 g/mol. The van der Waals surface area contributed by atoms with Crippen LogP contribution < -0.4 is 10.1 Å². The summed E-state index contributed by atoms with van der Waals surface area (Å²) in [5.41, 5.74) is 1.84. The summed E-state index contributed by atoms with van der Waals surface area (Å²) in [5.74, 6) is 0.854. The SMILES string of the molecule is COc1ccc(CC(=O)N(Cc2cccc(Br)c2)C(C)C(=O)NCC(C)C)cc1. The molecule has 29 heavy (non-hydrogen) atoms. The lowest BCUT2D eigenvalue weighted by molar-refractivity contribution is -0.140. The maximum atomic E-state index is 13.1. The molecule has 5 nitrogen and oxygen atoms in total. The minimum Gasteiger partial charge on any atom is -0.497 e. The van der Waals surface area contributed by atoms with Crippen LogP contribution in [-0.4, -0.2) is 36.4 Å². The van der Waals surface area contributed by atoms with Crippen LogP contribution in [0.3, 0.4) is 0 Å². The summed E-state index contributed by atoms with van der Waals surface area (Å²) >= 11 is 3.47. The molecule has 2 aromatic rings. The van der Waals surface area contributed by atoms with Gasteiger partial charge >= 0.3 is 0 Å². The third-order valence-electron chi connectivity index (χ3n) is 4.61. The molecule has 6 heteroatoms. The number of halogens is 1. The molecule has 2 aromatic carbocycles. The summed E-state index contributed by atoms with van der Waals surface area (Å²) in [5, 5.41) is 2.93. The molecule has 156 valence electrons. The minimum absolute atomic E-state index is 0.0951. The minimum atomic E-state index is -0.571. The van der Waals surface area contributed by atoms with Crippen molar-refractivity contribution in [3.63, 3.8) is 0 Å². The lowest BCUT2D eigenvalue weighted by Gasteiger charge is -2.29. The van der Waals surface area contributed by atoms with Gasteiger partial charge in [-0.1, -0.05) is 54.0 Å². The highest BCUT2D eigenvalue weighted by atomic mass is 79.9. The van der Waals surface area contributed by atoms with Crippen molar-refractivity contribution in [2.24, 2.45) is 5.92 Å². The highest BCUT2D eigenvalue weighted by Crippen LogP contribution is 2.17. The molecule has 0 saturated carbocycles. The molecule has 0 saturated heterocycles. The van der Waals surface area contributed by atoms with Crippen LogP contribution in [0.15, 0.2) is 53.0 Å². The van der Waals surface area contributed by atoms with Crippen LogP contribution in [0, 0.1) is 5.92 Å². The molecule has 1 N–H and O–H groups in total. The number of hydrogen-bond acceptors (Lipinski definition) is 3. The van der Waals surface area contributed by atoms with E-state index in [0.29, 0.717) is 19.0 Å². The van der Waals surface area contributed by atoms with E-state index in [9.17, 15) is 9.59 Å². The van der Waals surface area contributed by atoms with E-state index in [1.807, 2.05) is 62.4 Å². The summed E-state index contributed by atoms with van der Waals surface area (Å²) in [7, 11) is 1.61. The molecule has 0 aliphatic heterocycles. The number of benzene rings is 2. The quantitative estimate of drug-likeness (QED) is 0.610. The van der Waals surface area contributed by atoms with Crippen LogP contribution in [0.1, 0.15) is 31.9 Å². The zero-order valence-electron chi connectivity index (χ0n) is 17.4. The van der Waals surface area contributed by atoms with E-state index in [2.05, 4.69) is 21.2 Å². The first-order chi connectivity index (χ1) is 13.8. The van der Waals surface area contributed by atoms with Gasteiger partial charge in [0, 0.05) is 17.6 Å². The van der Waals surface area contributed by atoms with E-state index in [4.69, 9.17) is 4.74 Å². The van der Waals surface area contributed by atoms with Crippen molar-refractivity contribution in [2.45, 2.75) is 39.8 Å². The standard InChI is InChI=1S/C23H29BrN2O3/c1-16(2)14-25-23(28)17(3)26(15-19-6-5-7-20(24)12-19)22(27)13-18-8-10-21(29-4)11-9-18/h5-12,16-17H,13-15H2,1-4H3,(H,25,28). The molecule has 2 amide bonds. The van der Waals surface area contributed by atoms with Gasteiger partial charge in [0.2, 0.25) is 11.8 Å². The van der Waals surface area contributed by atoms with Crippen molar-refractivity contribution in [1.82, 2.24) is 10.2 Å². The van der Waals surface area contributed by atoms with E-state index in [1.165, 1.54) is 0 Å². The Hall–Kier alpha value is -2.34. The van der Waals surface area contributed by atoms with Crippen LogP contribution in [0.5, 0.6) is 5.75 Å². The average Bonchev–Trinajstić information content (AvgIpc) is 2.70. The number of rotatable bonds is 9. The Bertz CT molecular complexity index is 821.